The summed E-state index contributed by atoms with van der Waals surface area (Å²) >= 11 is 0. The number of aromatic nitrogens is 2. The third-order valence-electron chi connectivity index (χ3n) is 1.39. The molecule has 0 fully saturated rings. The van der Waals surface area contributed by atoms with Crippen molar-refractivity contribution in [2.75, 3.05) is 7.11 Å². The van der Waals surface area contributed by atoms with Crippen molar-refractivity contribution in [3.05, 3.63) is 23.8 Å². The fourth-order valence-electron chi connectivity index (χ4n) is 0.851. The van der Waals surface area contributed by atoms with Crippen LogP contribution in [0, 0.1) is 0 Å². The minimum absolute atomic E-state index is 0.0484. The van der Waals surface area contributed by atoms with Crippen molar-refractivity contribution < 1.29 is 14.6 Å². The number of ether oxygens (including phenoxy) is 1. The predicted molar refractivity (Wildman–Crippen MR) is 44.1 cm³/mol. The van der Waals surface area contributed by atoms with Crippen LogP contribution in [-0.4, -0.2) is 28.2 Å². The van der Waals surface area contributed by atoms with E-state index in [0.717, 1.165) is 0 Å². The van der Waals surface area contributed by atoms with E-state index >= 15 is 0 Å². The number of hydrogen-bond donors (Lipinski definition) is 1. The van der Waals surface area contributed by atoms with Crippen LogP contribution in [0.3, 0.4) is 0 Å². The van der Waals surface area contributed by atoms with E-state index in [1.54, 1.807) is 7.11 Å². The minimum atomic E-state index is -0.886. The summed E-state index contributed by atoms with van der Waals surface area (Å²) in [5, 5.41) is 8.46. The molecule has 0 aliphatic rings. The number of nitrogens with zero attached hydrogens (tertiary/aromatic N) is 2. The maximum Gasteiger partial charge on any atom is 0.307 e. The molecule has 0 aliphatic carbocycles. The van der Waals surface area contributed by atoms with Crippen molar-refractivity contribution in [2.24, 2.45) is 0 Å². The summed E-state index contributed by atoms with van der Waals surface area (Å²) in [6.07, 6.45) is 2.94. The van der Waals surface area contributed by atoms with Crippen molar-refractivity contribution in [1.29, 1.82) is 0 Å². The standard InChI is InChI=1S/C8H10N2O3/c1-13-5-7-9-3-6(4-10-7)2-8(11)12/h3-4H,2,5H2,1H3,(H,11,12). The molecule has 0 saturated carbocycles. The summed E-state index contributed by atoms with van der Waals surface area (Å²) in [6, 6.07) is 0. The molecule has 1 rings (SSSR count). The predicted octanol–water partition coefficient (Wildman–Crippen LogP) is 0.250. The van der Waals surface area contributed by atoms with E-state index in [1.165, 1.54) is 12.4 Å². The molecular formula is C8H10N2O3. The third kappa shape index (κ3) is 3.16. The van der Waals surface area contributed by atoms with E-state index in [0.29, 0.717) is 18.0 Å². The molecule has 0 aliphatic heterocycles. The van der Waals surface area contributed by atoms with Gasteiger partial charge in [-0.05, 0) is 5.56 Å². The molecule has 0 radical (unpaired) electrons. The normalized spacial score (nSPS) is 9.92. The second kappa shape index (κ2) is 4.51. The zero-order valence-corrected chi connectivity index (χ0v) is 7.23. The molecule has 13 heavy (non-hydrogen) atoms. The summed E-state index contributed by atoms with van der Waals surface area (Å²) in [4.78, 5) is 18.1. The number of aliphatic carboxylic acids is 1. The average Bonchev–Trinajstić information content (AvgIpc) is 2.08. The van der Waals surface area contributed by atoms with Gasteiger partial charge in [-0.3, -0.25) is 4.79 Å². The zero-order chi connectivity index (χ0) is 9.68. The van der Waals surface area contributed by atoms with Crippen LogP contribution in [0.1, 0.15) is 11.4 Å². The van der Waals surface area contributed by atoms with E-state index in [2.05, 4.69) is 9.97 Å². The molecule has 0 unspecified atom stereocenters. The second-order valence-corrected chi connectivity index (χ2v) is 2.51. The van der Waals surface area contributed by atoms with Crippen LogP contribution >= 0.6 is 0 Å². The smallest absolute Gasteiger partial charge is 0.307 e. The highest BCUT2D eigenvalue weighted by atomic mass is 16.5. The number of carboxylic acid groups (broad SMARTS) is 1. The SMILES string of the molecule is COCc1ncc(CC(=O)O)cn1. The van der Waals surface area contributed by atoms with E-state index in [-0.39, 0.29) is 6.42 Å². The first-order chi connectivity index (χ1) is 6.22. The number of carboxylic acids is 1. The van der Waals surface area contributed by atoms with Gasteiger partial charge in [-0.15, -0.1) is 0 Å². The molecule has 70 valence electrons. The van der Waals surface area contributed by atoms with Crippen LogP contribution in [0.25, 0.3) is 0 Å². The second-order valence-electron chi connectivity index (χ2n) is 2.51. The van der Waals surface area contributed by atoms with Gasteiger partial charge in [-0.25, -0.2) is 9.97 Å². The first-order valence-corrected chi connectivity index (χ1v) is 3.73. The van der Waals surface area contributed by atoms with Crippen molar-refractivity contribution in [3.63, 3.8) is 0 Å². The lowest BCUT2D eigenvalue weighted by atomic mass is 10.2. The van der Waals surface area contributed by atoms with Gasteiger partial charge in [-0.2, -0.15) is 0 Å². The lowest BCUT2D eigenvalue weighted by Crippen LogP contribution is -2.03. The Bertz CT molecular complexity index is 284. The zero-order valence-electron chi connectivity index (χ0n) is 7.23. The molecule has 1 aromatic rings. The van der Waals surface area contributed by atoms with Crippen LogP contribution in [0.15, 0.2) is 12.4 Å². The van der Waals surface area contributed by atoms with Gasteiger partial charge in [0.05, 0.1) is 6.42 Å². The molecular weight excluding hydrogens is 172 g/mol. The summed E-state index contributed by atoms with van der Waals surface area (Å²) in [6.45, 7) is 0.341. The van der Waals surface area contributed by atoms with Crippen LogP contribution < -0.4 is 0 Å². The highest BCUT2D eigenvalue weighted by Gasteiger charge is 2.01. The third-order valence-corrected chi connectivity index (χ3v) is 1.39. The number of rotatable bonds is 4. The Kier molecular flexibility index (Phi) is 3.33. The van der Waals surface area contributed by atoms with Gasteiger partial charge in [0.25, 0.3) is 0 Å². The molecule has 5 nitrogen and oxygen atoms in total. The van der Waals surface area contributed by atoms with Gasteiger partial charge in [-0.1, -0.05) is 0 Å². The average molecular weight is 182 g/mol. The summed E-state index contributed by atoms with van der Waals surface area (Å²) in [5.41, 5.74) is 0.590. The summed E-state index contributed by atoms with van der Waals surface area (Å²) in [5.74, 6) is -0.334. The summed E-state index contributed by atoms with van der Waals surface area (Å²) < 4.78 is 4.81. The van der Waals surface area contributed by atoms with Gasteiger partial charge in [0.2, 0.25) is 0 Å². The van der Waals surface area contributed by atoms with Crippen LogP contribution in [0.2, 0.25) is 0 Å². The molecule has 5 heteroatoms. The molecule has 0 saturated heterocycles. The van der Waals surface area contributed by atoms with Gasteiger partial charge < -0.3 is 9.84 Å². The Hall–Kier alpha value is -1.49. The number of methoxy groups -OCH3 is 1. The van der Waals surface area contributed by atoms with Crippen molar-refractivity contribution in [1.82, 2.24) is 9.97 Å². The van der Waals surface area contributed by atoms with Gasteiger partial charge in [0, 0.05) is 19.5 Å². The van der Waals surface area contributed by atoms with Crippen LogP contribution in [-0.2, 0) is 22.6 Å². The van der Waals surface area contributed by atoms with Crippen LogP contribution in [0.4, 0.5) is 0 Å². The van der Waals surface area contributed by atoms with Crippen molar-refractivity contribution >= 4 is 5.97 Å². The summed E-state index contributed by atoms with van der Waals surface area (Å²) in [7, 11) is 1.55. The maximum atomic E-state index is 10.3. The maximum absolute atomic E-state index is 10.3. The van der Waals surface area contributed by atoms with Crippen molar-refractivity contribution in [3.8, 4) is 0 Å². The Morgan fingerprint density at radius 1 is 1.54 bits per heavy atom. The van der Waals surface area contributed by atoms with Gasteiger partial charge >= 0.3 is 5.97 Å². The molecule has 0 bridgehead atoms. The van der Waals surface area contributed by atoms with E-state index in [9.17, 15) is 4.79 Å². The molecule has 0 aromatic carbocycles. The Morgan fingerprint density at radius 2 is 2.15 bits per heavy atom. The van der Waals surface area contributed by atoms with Gasteiger partial charge in [0.1, 0.15) is 6.61 Å². The Morgan fingerprint density at radius 3 is 2.62 bits per heavy atom. The molecule has 1 aromatic heterocycles. The topological polar surface area (TPSA) is 72.3 Å². The molecule has 0 spiro atoms. The monoisotopic (exact) mass is 182 g/mol. The van der Waals surface area contributed by atoms with E-state index < -0.39 is 5.97 Å². The van der Waals surface area contributed by atoms with E-state index in [1.807, 2.05) is 0 Å². The fourth-order valence-corrected chi connectivity index (χ4v) is 0.851. The van der Waals surface area contributed by atoms with Crippen molar-refractivity contribution in [2.45, 2.75) is 13.0 Å². The molecule has 1 heterocycles. The Labute approximate surface area is 75.4 Å². The quantitative estimate of drug-likeness (QED) is 0.722. The highest BCUT2D eigenvalue weighted by molar-refractivity contribution is 5.69. The molecule has 1 N–H and O–H groups in total. The molecule has 0 atom stereocenters. The number of hydrogen-bond acceptors (Lipinski definition) is 4. The Balaban J connectivity index is 2.64. The minimum Gasteiger partial charge on any atom is -0.481 e. The highest BCUT2D eigenvalue weighted by Crippen LogP contribution is 1.98. The largest absolute Gasteiger partial charge is 0.481 e. The van der Waals surface area contributed by atoms with Gasteiger partial charge in [0.15, 0.2) is 5.82 Å². The lowest BCUT2D eigenvalue weighted by Gasteiger charge is -1.98. The fraction of sp³-hybridized carbons (Fsp3) is 0.375. The lowest BCUT2D eigenvalue weighted by molar-refractivity contribution is -0.136. The first-order valence-electron chi connectivity index (χ1n) is 3.73. The number of carbonyl (C=O) groups is 1. The van der Waals surface area contributed by atoms with Crippen LogP contribution in [0.5, 0.6) is 0 Å². The molecule has 0 amide bonds. The first kappa shape index (κ1) is 9.60. The van der Waals surface area contributed by atoms with E-state index in [4.69, 9.17) is 9.84 Å².